The second kappa shape index (κ2) is 19.5. The van der Waals surface area contributed by atoms with Crippen molar-refractivity contribution in [3.05, 3.63) is 139 Å². The third kappa shape index (κ3) is 12.1. The zero-order chi connectivity index (χ0) is 39.2. The number of ether oxygens (including phenoxy) is 1. The number of aliphatic carboxylic acids is 1. The second-order valence-corrected chi connectivity index (χ2v) is 15.0. The lowest BCUT2D eigenvalue weighted by Gasteiger charge is -2.24. The Bertz CT molecular complexity index is 1970. The number of hydrogen-bond donors (Lipinski definition) is 3. The first-order valence-corrected chi connectivity index (χ1v) is 19.1. The highest BCUT2D eigenvalue weighted by molar-refractivity contribution is 5.88. The molecule has 55 heavy (non-hydrogen) atoms. The lowest BCUT2D eigenvalue weighted by Crippen LogP contribution is -2.51. The minimum Gasteiger partial charge on any atom is -0.494 e. The third-order valence-corrected chi connectivity index (χ3v) is 9.55. The van der Waals surface area contributed by atoms with E-state index in [0.29, 0.717) is 17.1 Å². The molecule has 2 heterocycles. The van der Waals surface area contributed by atoms with Crippen molar-refractivity contribution in [3.8, 4) is 28.3 Å². The summed E-state index contributed by atoms with van der Waals surface area (Å²) in [5.74, 6) is -0.138. The smallest absolute Gasteiger partial charge is 0.326 e. The van der Waals surface area contributed by atoms with Crippen molar-refractivity contribution in [1.82, 2.24) is 25.6 Å². The van der Waals surface area contributed by atoms with Crippen molar-refractivity contribution in [2.45, 2.75) is 90.1 Å². The Labute approximate surface area is 325 Å². The highest BCUT2D eigenvalue weighted by Crippen LogP contribution is 2.25. The zero-order valence-electron chi connectivity index (χ0n) is 32.4. The highest BCUT2D eigenvalue weighted by Gasteiger charge is 2.27. The van der Waals surface area contributed by atoms with Crippen LogP contribution in [0.3, 0.4) is 0 Å². The van der Waals surface area contributed by atoms with Gasteiger partial charge in [0.25, 0.3) is 0 Å². The van der Waals surface area contributed by atoms with Crippen LogP contribution in [0.15, 0.2) is 116 Å². The number of hydrogen-bond acceptors (Lipinski definition) is 7. The SMILES string of the molecule is C=C(N[C@@H](Cc1ccc(-c2ncc(-c3ccc(OCCCCCCC)cc3)cn2)cc1)C(=O)NC(Cc1cccnc1)C(=O)O)c1ccc(C(C)(C)C)cc1. The average Bonchev–Trinajstić information content (AvgIpc) is 3.19. The van der Waals surface area contributed by atoms with Crippen LogP contribution >= 0.6 is 0 Å². The monoisotopic (exact) mass is 739 g/mol. The summed E-state index contributed by atoms with van der Waals surface area (Å²) in [5.41, 5.74) is 6.89. The zero-order valence-corrected chi connectivity index (χ0v) is 32.4. The fraction of sp³-hybridized carbons (Fsp3) is 0.326. The molecule has 0 saturated heterocycles. The van der Waals surface area contributed by atoms with Crippen LogP contribution in [0.5, 0.6) is 5.75 Å². The van der Waals surface area contributed by atoms with Crippen LogP contribution < -0.4 is 15.4 Å². The molecule has 5 rings (SSSR count). The van der Waals surface area contributed by atoms with Gasteiger partial charge in [-0.05, 0) is 57.9 Å². The lowest BCUT2D eigenvalue weighted by atomic mass is 9.86. The molecule has 0 fully saturated rings. The van der Waals surface area contributed by atoms with Gasteiger partial charge in [-0.1, -0.05) is 127 Å². The molecule has 5 aromatic rings. The minimum absolute atomic E-state index is 0.0101. The maximum Gasteiger partial charge on any atom is 0.326 e. The average molecular weight is 740 g/mol. The van der Waals surface area contributed by atoms with Crippen LogP contribution in [-0.2, 0) is 27.8 Å². The molecule has 286 valence electrons. The molecular weight excluding hydrogens is 687 g/mol. The van der Waals surface area contributed by atoms with Gasteiger partial charge in [-0.25, -0.2) is 14.8 Å². The lowest BCUT2D eigenvalue weighted by molar-refractivity contribution is -0.142. The van der Waals surface area contributed by atoms with Gasteiger partial charge in [-0.15, -0.1) is 0 Å². The largest absolute Gasteiger partial charge is 0.494 e. The third-order valence-electron chi connectivity index (χ3n) is 9.55. The van der Waals surface area contributed by atoms with E-state index in [1.165, 1.54) is 31.2 Å². The van der Waals surface area contributed by atoms with Crippen molar-refractivity contribution in [3.63, 3.8) is 0 Å². The number of nitrogens with one attached hydrogen (secondary N) is 2. The van der Waals surface area contributed by atoms with Gasteiger partial charge < -0.3 is 20.5 Å². The number of carbonyl (C=O) groups excluding carboxylic acids is 1. The molecule has 0 radical (unpaired) electrons. The number of rotatable bonds is 19. The molecule has 0 aliphatic rings. The van der Waals surface area contributed by atoms with Crippen molar-refractivity contribution >= 4 is 17.6 Å². The van der Waals surface area contributed by atoms with Crippen LogP contribution in [0.25, 0.3) is 28.2 Å². The number of carboxylic acid groups (broad SMARTS) is 1. The highest BCUT2D eigenvalue weighted by atomic mass is 16.5. The van der Waals surface area contributed by atoms with Crippen LogP contribution in [0.1, 0.15) is 82.1 Å². The minimum atomic E-state index is -1.14. The predicted molar refractivity (Wildman–Crippen MR) is 219 cm³/mol. The molecule has 1 amide bonds. The van der Waals surface area contributed by atoms with Crippen molar-refractivity contribution in [1.29, 1.82) is 0 Å². The molecule has 9 nitrogen and oxygen atoms in total. The summed E-state index contributed by atoms with van der Waals surface area (Å²) in [5, 5.41) is 16.0. The van der Waals surface area contributed by atoms with E-state index < -0.39 is 24.0 Å². The van der Waals surface area contributed by atoms with Gasteiger partial charge in [0, 0.05) is 54.5 Å². The molecule has 2 atom stereocenters. The number of aromatic nitrogens is 3. The van der Waals surface area contributed by atoms with E-state index in [9.17, 15) is 14.7 Å². The molecule has 0 bridgehead atoms. The number of carboxylic acids is 1. The topological polar surface area (TPSA) is 126 Å². The van der Waals surface area contributed by atoms with Gasteiger partial charge in [0.1, 0.15) is 17.8 Å². The summed E-state index contributed by atoms with van der Waals surface area (Å²) < 4.78 is 5.91. The van der Waals surface area contributed by atoms with E-state index in [4.69, 9.17) is 4.74 Å². The molecule has 2 aromatic heterocycles. The van der Waals surface area contributed by atoms with Crippen LogP contribution in [0.2, 0.25) is 0 Å². The van der Waals surface area contributed by atoms with E-state index in [1.807, 2.05) is 73.1 Å². The molecule has 0 aliphatic heterocycles. The van der Waals surface area contributed by atoms with E-state index in [0.717, 1.165) is 46.6 Å². The molecular formula is C46H53N5O4. The second-order valence-electron chi connectivity index (χ2n) is 15.0. The standard InChI is InChI=1S/C46H53N5O4/c1-6-7-8-9-10-26-55-40-23-19-36(20-24-40)38-30-48-43(49-31-38)37-15-13-33(14-16-37)27-41(50-32(2)35-17-21-39(22-18-35)46(3,4)5)44(52)51-42(45(53)54)28-34-12-11-25-47-29-34/h11-25,29-31,41-42,50H,2,6-10,26-28H2,1,3-5H3,(H,51,52)(H,53,54)/t41-,42?/m0/s1. The first-order valence-electron chi connectivity index (χ1n) is 19.1. The number of unbranched alkanes of at least 4 members (excludes halogenated alkanes) is 4. The molecule has 3 aromatic carbocycles. The fourth-order valence-electron chi connectivity index (χ4n) is 6.19. The Kier molecular flexibility index (Phi) is 14.3. The number of benzene rings is 3. The van der Waals surface area contributed by atoms with Crippen molar-refractivity contribution in [2.75, 3.05) is 6.61 Å². The maximum atomic E-state index is 13.8. The van der Waals surface area contributed by atoms with E-state index in [2.05, 4.69) is 72.0 Å². The molecule has 9 heteroatoms. The quantitative estimate of drug-likeness (QED) is 0.0718. The van der Waals surface area contributed by atoms with E-state index >= 15 is 0 Å². The summed E-state index contributed by atoms with van der Waals surface area (Å²) in [6, 6.07) is 25.4. The van der Waals surface area contributed by atoms with Gasteiger partial charge in [-0.2, -0.15) is 0 Å². The maximum absolute atomic E-state index is 13.8. The Morgan fingerprint density at radius 1 is 0.745 bits per heavy atom. The number of nitrogens with zero attached hydrogens (tertiary/aromatic N) is 3. The molecule has 3 N–H and O–H groups in total. The Morgan fingerprint density at radius 3 is 2.02 bits per heavy atom. The molecule has 0 aliphatic carbocycles. The van der Waals surface area contributed by atoms with Gasteiger partial charge >= 0.3 is 5.97 Å². The molecule has 0 saturated carbocycles. The summed E-state index contributed by atoms with van der Waals surface area (Å²) in [6.45, 7) is 13.6. The summed E-state index contributed by atoms with van der Waals surface area (Å²) in [6.07, 6.45) is 13.3. The van der Waals surface area contributed by atoms with Crippen molar-refractivity contribution in [2.24, 2.45) is 0 Å². The van der Waals surface area contributed by atoms with Gasteiger partial charge in [0.05, 0.1) is 6.61 Å². The van der Waals surface area contributed by atoms with Crippen LogP contribution in [0.4, 0.5) is 0 Å². The molecule has 0 spiro atoms. The Balaban J connectivity index is 1.26. The fourth-order valence-corrected chi connectivity index (χ4v) is 6.19. The van der Waals surface area contributed by atoms with Crippen LogP contribution in [0, 0.1) is 0 Å². The summed E-state index contributed by atoms with van der Waals surface area (Å²) in [4.78, 5) is 39.4. The first kappa shape index (κ1) is 40.4. The van der Waals surface area contributed by atoms with Crippen LogP contribution in [-0.4, -0.2) is 50.6 Å². The van der Waals surface area contributed by atoms with E-state index in [1.54, 1.807) is 24.5 Å². The van der Waals surface area contributed by atoms with Gasteiger partial charge in [0.15, 0.2) is 5.82 Å². The number of carbonyl (C=O) groups is 2. The molecule has 1 unspecified atom stereocenters. The predicted octanol–water partition coefficient (Wildman–Crippen LogP) is 8.84. The number of amides is 1. The van der Waals surface area contributed by atoms with Gasteiger partial charge in [-0.3, -0.25) is 9.78 Å². The number of pyridine rings is 1. The Hall–Kier alpha value is -5.83. The van der Waals surface area contributed by atoms with Crippen molar-refractivity contribution < 1.29 is 19.4 Å². The Morgan fingerprint density at radius 2 is 1.40 bits per heavy atom. The summed E-state index contributed by atoms with van der Waals surface area (Å²) >= 11 is 0. The summed E-state index contributed by atoms with van der Waals surface area (Å²) in [7, 11) is 0. The first-order chi connectivity index (χ1) is 26.5. The normalized spacial score (nSPS) is 12.4. The van der Waals surface area contributed by atoms with E-state index in [-0.39, 0.29) is 18.3 Å². The van der Waals surface area contributed by atoms with Gasteiger partial charge in [0.2, 0.25) is 5.91 Å².